The summed E-state index contributed by atoms with van der Waals surface area (Å²) in [6.45, 7) is 3.88. The van der Waals surface area contributed by atoms with Crippen LogP contribution in [0.2, 0.25) is 0 Å². The van der Waals surface area contributed by atoms with E-state index in [1.54, 1.807) is 6.20 Å². The molecule has 3 heterocycles. The van der Waals surface area contributed by atoms with Crippen molar-refractivity contribution in [2.45, 2.75) is 32.3 Å². The lowest BCUT2D eigenvalue weighted by Gasteiger charge is -2.14. The molecule has 2 aromatic heterocycles. The van der Waals surface area contributed by atoms with E-state index >= 15 is 0 Å². The summed E-state index contributed by atoms with van der Waals surface area (Å²) in [6, 6.07) is 6.12. The molecule has 0 amide bonds. The molecule has 0 saturated carbocycles. The number of hydrogen-bond acceptors (Lipinski definition) is 5. The second-order valence-electron chi connectivity index (χ2n) is 7.54. The Bertz CT molecular complexity index is 1090. The van der Waals surface area contributed by atoms with Gasteiger partial charge in [-0.2, -0.15) is 0 Å². The summed E-state index contributed by atoms with van der Waals surface area (Å²) in [6.07, 6.45) is 10.0. The Kier molecular flexibility index (Phi) is 4.20. The van der Waals surface area contributed by atoms with Gasteiger partial charge in [0, 0.05) is 37.1 Å². The lowest BCUT2D eigenvalue weighted by atomic mass is 10.0. The maximum Gasteiger partial charge on any atom is 0.234 e. The summed E-state index contributed by atoms with van der Waals surface area (Å²) in [5.41, 5.74) is 4.57. The number of nitrogens with zero attached hydrogens (tertiary/aromatic N) is 3. The van der Waals surface area contributed by atoms with Crippen molar-refractivity contribution in [2.24, 2.45) is 0 Å². The van der Waals surface area contributed by atoms with Crippen molar-refractivity contribution in [1.82, 2.24) is 19.7 Å². The molecule has 0 radical (unpaired) electrons. The number of fused-ring (bicyclic) bond motifs is 2. The van der Waals surface area contributed by atoms with E-state index in [0.717, 1.165) is 42.0 Å². The number of nitrogens with one attached hydrogen (secondary N) is 1. The zero-order valence-electron chi connectivity index (χ0n) is 15.8. The Hall–Kier alpha value is -2.99. The molecule has 1 aliphatic carbocycles. The van der Waals surface area contributed by atoms with Crippen molar-refractivity contribution in [1.29, 1.82) is 0 Å². The third-order valence-corrected chi connectivity index (χ3v) is 5.37. The molecule has 1 aliphatic heterocycles. The van der Waals surface area contributed by atoms with Crippen LogP contribution < -0.4 is 10.1 Å². The molecule has 0 bridgehead atoms. The smallest absolute Gasteiger partial charge is 0.234 e. The molecule has 1 N–H and O–H groups in total. The van der Waals surface area contributed by atoms with Crippen LogP contribution in [-0.4, -0.2) is 39.3 Å². The number of Topliss-reactive ketones (excluding diaryl/α,β-unsaturated/α-hetero) is 1. The van der Waals surface area contributed by atoms with Crippen molar-refractivity contribution < 1.29 is 9.53 Å². The number of allylic oxidation sites excluding steroid dienone is 1. The number of benzene rings is 1. The summed E-state index contributed by atoms with van der Waals surface area (Å²) < 4.78 is 7.95. The quantitative estimate of drug-likeness (QED) is 0.764. The zero-order valence-corrected chi connectivity index (χ0v) is 15.8. The van der Waals surface area contributed by atoms with E-state index < -0.39 is 0 Å². The van der Waals surface area contributed by atoms with Gasteiger partial charge in [-0.3, -0.25) is 9.20 Å². The first-order valence-corrected chi connectivity index (χ1v) is 9.73. The van der Waals surface area contributed by atoms with Gasteiger partial charge in [0.05, 0.1) is 5.69 Å². The van der Waals surface area contributed by atoms with E-state index in [1.807, 2.05) is 41.9 Å². The molecule has 2 aliphatic rings. The largest absolute Gasteiger partial charge is 0.489 e. The third kappa shape index (κ3) is 3.20. The highest BCUT2D eigenvalue weighted by molar-refractivity contribution is 6.25. The fourth-order valence-electron chi connectivity index (χ4n) is 3.89. The van der Waals surface area contributed by atoms with E-state index in [9.17, 15) is 4.79 Å². The molecule has 1 saturated heterocycles. The minimum atomic E-state index is 0.110. The first-order chi connectivity index (χ1) is 13.7. The predicted octanol–water partition coefficient (Wildman–Crippen LogP) is 2.83. The standard InChI is InChI=1S/C22H22N4O2/c1-14-10-24-22-25-20(13-26(22)12-14)19-9-16-2-4-17(28-18-6-7-23-11-18)8-15(16)3-5-21(19)27/h2,4,8-10,12-13,18,23H,3,5-7,11H2,1H3/t18-/m1/s1. The van der Waals surface area contributed by atoms with Crippen molar-refractivity contribution in [3.8, 4) is 5.75 Å². The Morgan fingerprint density at radius 1 is 1.25 bits per heavy atom. The van der Waals surface area contributed by atoms with E-state index in [4.69, 9.17) is 4.74 Å². The molecular weight excluding hydrogens is 352 g/mol. The van der Waals surface area contributed by atoms with Gasteiger partial charge in [0.15, 0.2) is 5.78 Å². The van der Waals surface area contributed by atoms with E-state index in [0.29, 0.717) is 29.9 Å². The maximum atomic E-state index is 12.8. The monoisotopic (exact) mass is 374 g/mol. The zero-order chi connectivity index (χ0) is 19.1. The number of imidazole rings is 1. The fraction of sp³-hybridized carbons (Fsp3) is 0.318. The summed E-state index contributed by atoms with van der Waals surface area (Å²) in [5, 5.41) is 3.32. The number of rotatable bonds is 3. The van der Waals surface area contributed by atoms with Crippen molar-refractivity contribution in [2.75, 3.05) is 13.1 Å². The van der Waals surface area contributed by atoms with Crippen LogP contribution in [0.4, 0.5) is 0 Å². The third-order valence-electron chi connectivity index (χ3n) is 5.37. The highest BCUT2D eigenvalue weighted by Crippen LogP contribution is 2.30. The van der Waals surface area contributed by atoms with E-state index in [1.165, 1.54) is 0 Å². The molecule has 0 unspecified atom stereocenters. The van der Waals surface area contributed by atoms with Gasteiger partial charge in [-0.1, -0.05) is 6.07 Å². The van der Waals surface area contributed by atoms with Gasteiger partial charge < -0.3 is 10.1 Å². The number of carbonyl (C=O) groups is 1. The minimum absolute atomic E-state index is 0.110. The Morgan fingerprint density at radius 2 is 2.18 bits per heavy atom. The Morgan fingerprint density at radius 3 is 3.04 bits per heavy atom. The van der Waals surface area contributed by atoms with Crippen LogP contribution in [0.25, 0.3) is 17.4 Å². The lowest BCUT2D eigenvalue weighted by Crippen LogP contribution is -2.19. The Labute approximate surface area is 163 Å². The average molecular weight is 374 g/mol. The predicted molar refractivity (Wildman–Crippen MR) is 107 cm³/mol. The molecule has 0 spiro atoms. The lowest BCUT2D eigenvalue weighted by molar-refractivity contribution is -0.113. The molecule has 6 heteroatoms. The average Bonchev–Trinajstić information content (AvgIpc) is 3.31. The SMILES string of the molecule is Cc1cnc2nc(C3=Cc4ccc(O[C@@H]5CCNC5)cc4CCC3=O)cn2c1. The van der Waals surface area contributed by atoms with E-state index in [2.05, 4.69) is 21.4 Å². The number of aryl methyl sites for hydroxylation is 2. The first kappa shape index (κ1) is 17.1. The fourth-order valence-corrected chi connectivity index (χ4v) is 3.89. The van der Waals surface area contributed by atoms with Crippen LogP contribution in [-0.2, 0) is 11.2 Å². The summed E-state index contributed by atoms with van der Waals surface area (Å²) in [7, 11) is 0. The van der Waals surface area contributed by atoms with Crippen molar-refractivity contribution >= 4 is 23.2 Å². The van der Waals surface area contributed by atoms with Crippen molar-refractivity contribution in [3.05, 3.63) is 59.2 Å². The minimum Gasteiger partial charge on any atom is -0.489 e. The summed E-state index contributed by atoms with van der Waals surface area (Å²) in [4.78, 5) is 21.7. The van der Waals surface area contributed by atoms with Gasteiger partial charge in [-0.25, -0.2) is 9.97 Å². The summed E-state index contributed by atoms with van der Waals surface area (Å²) >= 11 is 0. The van der Waals surface area contributed by atoms with Crippen molar-refractivity contribution in [3.63, 3.8) is 0 Å². The normalized spacial score (nSPS) is 19.4. The molecule has 5 rings (SSSR count). The number of aromatic nitrogens is 3. The molecule has 1 atom stereocenters. The number of carbonyl (C=O) groups excluding carboxylic acids is 1. The second kappa shape index (κ2) is 6.87. The van der Waals surface area contributed by atoms with Gasteiger partial charge in [0.25, 0.3) is 0 Å². The van der Waals surface area contributed by atoms with Crippen LogP contribution in [0.1, 0.15) is 35.2 Å². The second-order valence-corrected chi connectivity index (χ2v) is 7.54. The molecule has 1 fully saturated rings. The van der Waals surface area contributed by atoms with Gasteiger partial charge in [-0.05, 0) is 61.2 Å². The Balaban J connectivity index is 1.49. The number of ketones is 1. The van der Waals surface area contributed by atoms with Crippen LogP contribution in [0.15, 0.2) is 36.8 Å². The maximum absolute atomic E-state index is 12.8. The van der Waals surface area contributed by atoms with Gasteiger partial charge >= 0.3 is 0 Å². The van der Waals surface area contributed by atoms with E-state index in [-0.39, 0.29) is 11.9 Å². The highest BCUT2D eigenvalue weighted by atomic mass is 16.5. The van der Waals surface area contributed by atoms with Gasteiger partial charge in [0.2, 0.25) is 5.78 Å². The van der Waals surface area contributed by atoms with Gasteiger partial charge in [-0.15, -0.1) is 0 Å². The first-order valence-electron chi connectivity index (χ1n) is 9.73. The summed E-state index contributed by atoms with van der Waals surface area (Å²) in [5.74, 6) is 1.59. The van der Waals surface area contributed by atoms with Crippen LogP contribution in [0.5, 0.6) is 5.75 Å². The molecule has 6 nitrogen and oxygen atoms in total. The molecule has 3 aromatic rings. The van der Waals surface area contributed by atoms with Crippen LogP contribution in [0.3, 0.4) is 0 Å². The molecule has 28 heavy (non-hydrogen) atoms. The number of hydrogen-bond donors (Lipinski definition) is 1. The van der Waals surface area contributed by atoms with Crippen LogP contribution >= 0.6 is 0 Å². The molecule has 142 valence electrons. The molecular formula is C22H22N4O2. The highest BCUT2D eigenvalue weighted by Gasteiger charge is 2.21. The molecule has 1 aromatic carbocycles. The van der Waals surface area contributed by atoms with Crippen LogP contribution in [0, 0.1) is 6.92 Å². The number of ether oxygens (including phenoxy) is 1. The topological polar surface area (TPSA) is 68.5 Å². The van der Waals surface area contributed by atoms with Gasteiger partial charge in [0.1, 0.15) is 11.9 Å².